The molecule has 1 aromatic carbocycles. The largest absolute Gasteiger partial charge is 0.340 e. The number of hydrogen-bond donors (Lipinski definition) is 3. The molecule has 0 bridgehead atoms. The van der Waals surface area contributed by atoms with Crippen molar-refractivity contribution in [2.45, 2.75) is 32.7 Å². The first-order chi connectivity index (χ1) is 12.4. The highest BCUT2D eigenvalue weighted by atomic mass is 16.2. The molecule has 1 atom stereocenters. The molecule has 0 fully saturated rings. The Bertz CT molecular complexity index is 887. The number of anilines is 2. The lowest BCUT2D eigenvalue weighted by molar-refractivity contribution is -0.118. The van der Waals surface area contributed by atoms with E-state index in [1.165, 1.54) is 0 Å². The summed E-state index contributed by atoms with van der Waals surface area (Å²) in [5.41, 5.74) is 3.15. The van der Waals surface area contributed by atoms with Crippen LogP contribution in [0.4, 0.5) is 11.4 Å². The molecule has 0 saturated carbocycles. The van der Waals surface area contributed by atoms with Gasteiger partial charge in [-0.1, -0.05) is 12.1 Å². The zero-order chi connectivity index (χ0) is 18.8. The summed E-state index contributed by atoms with van der Waals surface area (Å²) in [4.78, 5) is 36.9. The monoisotopic (exact) mass is 355 g/mol. The van der Waals surface area contributed by atoms with E-state index in [9.17, 15) is 14.4 Å². The van der Waals surface area contributed by atoms with Gasteiger partial charge in [-0.3, -0.25) is 19.1 Å². The number of carbonyl (C=O) groups is 3. The minimum atomic E-state index is -0.767. The summed E-state index contributed by atoms with van der Waals surface area (Å²) in [7, 11) is 1.81. The van der Waals surface area contributed by atoms with Crippen LogP contribution in [0.2, 0.25) is 0 Å². The summed E-state index contributed by atoms with van der Waals surface area (Å²) >= 11 is 0. The molecule has 3 amide bonds. The minimum Gasteiger partial charge on any atom is -0.340 e. The molecule has 0 unspecified atom stereocenters. The Morgan fingerprint density at radius 2 is 2.00 bits per heavy atom. The van der Waals surface area contributed by atoms with Gasteiger partial charge in [0.25, 0.3) is 5.91 Å². The smallest absolute Gasteiger partial charge is 0.254 e. The van der Waals surface area contributed by atoms with Crippen molar-refractivity contribution in [3.05, 3.63) is 41.2 Å². The molecule has 0 saturated heterocycles. The Balaban J connectivity index is 1.63. The van der Waals surface area contributed by atoms with Crippen LogP contribution in [0.3, 0.4) is 0 Å². The van der Waals surface area contributed by atoms with E-state index < -0.39 is 6.04 Å². The van der Waals surface area contributed by atoms with E-state index in [1.54, 1.807) is 36.0 Å². The van der Waals surface area contributed by atoms with Crippen molar-refractivity contribution in [2.75, 3.05) is 10.6 Å². The lowest BCUT2D eigenvalue weighted by Gasteiger charge is -2.14. The Labute approximate surface area is 151 Å². The van der Waals surface area contributed by atoms with Gasteiger partial charge in [-0.2, -0.15) is 5.10 Å². The summed E-state index contributed by atoms with van der Waals surface area (Å²) in [5, 5.41) is 12.5. The quantitative estimate of drug-likeness (QED) is 0.773. The zero-order valence-corrected chi connectivity index (χ0v) is 14.9. The first-order valence-electron chi connectivity index (χ1n) is 8.37. The molecule has 0 radical (unpaired) electrons. The highest BCUT2D eigenvalue weighted by molar-refractivity contribution is 6.10. The fraction of sp³-hybridized carbons (Fsp3) is 0.333. The molecule has 0 aliphatic carbocycles. The number of aryl methyl sites for hydroxylation is 2. The standard InChI is InChI=1S/C18H21N5O3/c1-10-16(11(2)23(3)22-10)21-15(24)9-8-14-18(26)19-13-7-5-4-6-12(13)17(25)20-14/h4-7,14H,8-9H2,1-3H3,(H,19,26)(H,20,25)(H,21,24)/t14-/m1/s1. The van der Waals surface area contributed by atoms with Gasteiger partial charge in [-0.15, -0.1) is 0 Å². The number of para-hydroxylation sites is 1. The van der Waals surface area contributed by atoms with Crippen molar-refractivity contribution in [2.24, 2.45) is 7.05 Å². The second kappa shape index (κ2) is 6.99. The van der Waals surface area contributed by atoms with E-state index in [2.05, 4.69) is 21.0 Å². The fourth-order valence-electron chi connectivity index (χ4n) is 2.95. The number of benzene rings is 1. The SMILES string of the molecule is Cc1nn(C)c(C)c1NC(=O)CC[C@H]1NC(=O)c2ccccc2NC1=O. The van der Waals surface area contributed by atoms with E-state index >= 15 is 0 Å². The molecule has 2 heterocycles. The molecule has 1 aliphatic heterocycles. The van der Waals surface area contributed by atoms with Crippen LogP contribution in [0.25, 0.3) is 0 Å². The summed E-state index contributed by atoms with van der Waals surface area (Å²) in [6.45, 7) is 3.69. The molecular weight excluding hydrogens is 334 g/mol. The maximum atomic E-state index is 12.3. The van der Waals surface area contributed by atoms with E-state index in [-0.39, 0.29) is 30.6 Å². The van der Waals surface area contributed by atoms with Crippen molar-refractivity contribution in [3.8, 4) is 0 Å². The molecule has 3 N–H and O–H groups in total. The van der Waals surface area contributed by atoms with E-state index in [0.717, 1.165) is 11.4 Å². The third kappa shape index (κ3) is 3.44. The highest BCUT2D eigenvalue weighted by Crippen LogP contribution is 2.21. The van der Waals surface area contributed by atoms with Crippen LogP contribution in [-0.4, -0.2) is 33.5 Å². The van der Waals surface area contributed by atoms with Crippen LogP contribution in [0, 0.1) is 13.8 Å². The lowest BCUT2D eigenvalue weighted by atomic mass is 10.1. The van der Waals surface area contributed by atoms with Gasteiger partial charge in [0.2, 0.25) is 11.8 Å². The number of hydrogen-bond acceptors (Lipinski definition) is 4. The molecule has 8 heteroatoms. The second-order valence-corrected chi connectivity index (χ2v) is 6.32. The topological polar surface area (TPSA) is 105 Å². The first-order valence-corrected chi connectivity index (χ1v) is 8.37. The van der Waals surface area contributed by atoms with Crippen LogP contribution in [0.15, 0.2) is 24.3 Å². The molecule has 8 nitrogen and oxygen atoms in total. The molecule has 1 aromatic heterocycles. The average molecular weight is 355 g/mol. The number of aromatic nitrogens is 2. The van der Waals surface area contributed by atoms with Crippen molar-refractivity contribution >= 4 is 29.1 Å². The molecular formula is C18H21N5O3. The molecule has 1 aliphatic rings. The van der Waals surface area contributed by atoms with Crippen molar-refractivity contribution in [1.29, 1.82) is 0 Å². The lowest BCUT2D eigenvalue weighted by Crippen LogP contribution is -2.41. The van der Waals surface area contributed by atoms with Crippen LogP contribution < -0.4 is 16.0 Å². The molecule has 3 rings (SSSR count). The van der Waals surface area contributed by atoms with Gasteiger partial charge in [0.1, 0.15) is 6.04 Å². The summed E-state index contributed by atoms with van der Waals surface area (Å²) < 4.78 is 1.70. The Morgan fingerprint density at radius 1 is 1.27 bits per heavy atom. The normalized spacial score (nSPS) is 16.3. The van der Waals surface area contributed by atoms with Crippen LogP contribution in [-0.2, 0) is 16.6 Å². The number of nitrogens with one attached hydrogen (secondary N) is 3. The number of rotatable bonds is 4. The minimum absolute atomic E-state index is 0.0997. The van der Waals surface area contributed by atoms with Gasteiger partial charge < -0.3 is 16.0 Å². The van der Waals surface area contributed by atoms with Gasteiger partial charge >= 0.3 is 0 Å². The van der Waals surface area contributed by atoms with Gasteiger partial charge in [0.05, 0.1) is 28.3 Å². The third-order valence-corrected chi connectivity index (χ3v) is 4.48. The van der Waals surface area contributed by atoms with Gasteiger partial charge in [-0.05, 0) is 32.4 Å². The highest BCUT2D eigenvalue weighted by Gasteiger charge is 2.28. The summed E-state index contributed by atoms with van der Waals surface area (Å²) in [6.07, 6.45) is 0.304. The van der Waals surface area contributed by atoms with Crippen LogP contribution >= 0.6 is 0 Å². The summed E-state index contributed by atoms with van der Waals surface area (Å²) in [6, 6.07) is 6.04. The van der Waals surface area contributed by atoms with Gasteiger partial charge in [0, 0.05) is 13.5 Å². The fourth-order valence-corrected chi connectivity index (χ4v) is 2.95. The molecule has 26 heavy (non-hydrogen) atoms. The first kappa shape index (κ1) is 17.7. The maximum absolute atomic E-state index is 12.3. The van der Waals surface area contributed by atoms with Crippen molar-refractivity contribution < 1.29 is 14.4 Å². The zero-order valence-electron chi connectivity index (χ0n) is 14.9. The molecule has 136 valence electrons. The van der Waals surface area contributed by atoms with Gasteiger partial charge in [-0.25, -0.2) is 0 Å². The number of nitrogens with zero attached hydrogens (tertiary/aromatic N) is 2. The third-order valence-electron chi connectivity index (χ3n) is 4.48. The predicted molar refractivity (Wildman–Crippen MR) is 96.9 cm³/mol. The Hall–Kier alpha value is -3.16. The average Bonchev–Trinajstić information content (AvgIpc) is 2.77. The predicted octanol–water partition coefficient (Wildman–Crippen LogP) is 1.51. The van der Waals surface area contributed by atoms with Crippen LogP contribution in [0.5, 0.6) is 0 Å². The van der Waals surface area contributed by atoms with Crippen LogP contribution in [0.1, 0.15) is 34.6 Å². The Kier molecular flexibility index (Phi) is 4.75. The van der Waals surface area contributed by atoms with Crippen molar-refractivity contribution in [3.63, 3.8) is 0 Å². The summed E-state index contributed by atoms with van der Waals surface area (Å²) in [5.74, 6) is -0.888. The van der Waals surface area contributed by atoms with E-state index in [1.807, 2.05) is 13.8 Å². The number of amides is 3. The molecule has 0 spiro atoms. The number of fused-ring (bicyclic) bond motifs is 1. The molecule has 2 aromatic rings. The van der Waals surface area contributed by atoms with E-state index in [0.29, 0.717) is 16.9 Å². The maximum Gasteiger partial charge on any atom is 0.254 e. The van der Waals surface area contributed by atoms with E-state index in [4.69, 9.17) is 0 Å². The second-order valence-electron chi connectivity index (χ2n) is 6.32. The number of carbonyl (C=O) groups excluding carboxylic acids is 3. The van der Waals surface area contributed by atoms with Crippen molar-refractivity contribution in [1.82, 2.24) is 15.1 Å². The Morgan fingerprint density at radius 3 is 2.69 bits per heavy atom. The van der Waals surface area contributed by atoms with Gasteiger partial charge in [0.15, 0.2) is 0 Å².